The summed E-state index contributed by atoms with van der Waals surface area (Å²) in [5.41, 5.74) is 15.9. The third-order valence-corrected chi connectivity index (χ3v) is 11.5. The molecule has 15 nitrogen and oxygen atoms in total. The number of nitrogens with zero attached hydrogens (tertiary/aromatic N) is 1. The number of rotatable bonds is 11. The monoisotopic (exact) mass is 870 g/mol. The van der Waals surface area contributed by atoms with E-state index in [1.165, 1.54) is 6.08 Å². The number of piperidine rings is 1. The third-order valence-electron chi connectivity index (χ3n) is 11.5. The number of carbonyl (C=O) groups excluding carboxylic acids is 6. The molecule has 2 aliphatic rings. The van der Waals surface area contributed by atoms with Gasteiger partial charge in [-0.05, 0) is 71.2 Å². The zero-order chi connectivity index (χ0) is 45.3. The molecule has 1 saturated heterocycles. The van der Waals surface area contributed by atoms with Crippen LogP contribution < -0.4 is 38.1 Å². The molecule has 336 valence electrons. The van der Waals surface area contributed by atoms with Crippen LogP contribution in [0.25, 0.3) is 11.1 Å². The molecule has 0 aromatic heterocycles. The molecule has 0 spiro atoms. The Balaban J connectivity index is 1.30. The second-order valence-corrected chi connectivity index (χ2v) is 16.2. The summed E-state index contributed by atoms with van der Waals surface area (Å²) in [5.74, 6) is -2.72. The summed E-state index contributed by atoms with van der Waals surface area (Å²) in [4.78, 5) is 84.4. The fourth-order valence-electron chi connectivity index (χ4n) is 8.08. The van der Waals surface area contributed by atoms with Crippen molar-refractivity contribution in [2.45, 2.75) is 57.2 Å². The number of hydrogen-bond donors (Lipinski definition) is 7. The highest BCUT2D eigenvalue weighted by atomic mass is 16.5. The maximum absolute atomic E-state index is 14.9. The number of hydrogen-bond acceptors (Lipinski definition) is 9. The molecule has 0 unspecified atom stereocenters. The lowest BCUT2D eigenvalue weighted by atomic mass is 9.74. The van der Waals surface area contributed by atoms with Crippen molar-refractivity contribution in [3.63, 3.8) is 0 Å². The molecule has 64 heavy (non-hydrogen) atoms. The fourth-order valence-corrected chi connectivity index (χ4v) is 8.08. The van der Waals surface area contributed by atoms with Crippen LogP contribution in [0.15, 0.2) is 115 Å². The number of ether oxygens (including phenoxy) is 1. The standard InChI is InChI=1S/C49H58N8O7/c50-23-27-64-28-25-53-46(61)41-21-24-52-43(58)19-20-45(60)57-26-6-22-49(33-57,31-35-7-2-1-3-8-35)48(63)56-42(29-34-11-13-36(14-12-34)37-15-17-40(51)18-16-37)47(62)54-32-39-10-5-4-9-38(39)30-44(59)55-41/h1-5,7-20,41-42H,6,21-33,50-51H2,(H,52,58)(H,53,61)(H,54,62)(H,55,59)(H,56,63)/b20-19+/t41-,42-,49-/m0/s1. The first-order valence-corrected chi connectivity index (χ1v) is 21.8. The van der Waals surface area contributed by atoms with Crippen LogP contribution in [-0.4, -0.2) is 98.4 Å². The Morgan fingerprint density at radius 1 is 0.797 bits per heavy atom. The topological polar surface area (TPSA) is 227 Å². The predicted molar refractivity (Wildman–Crippen MR) is 244 cm³/mol. The summed E-state index contributed by atoms with van der Waals surface area (Å²) in [5, 5.41) is 14.4. The molecule has 2 aliphatic heterocycles. The number of anilines is 1. The van der Waals surface area contributed by atoms with E-state index >= 15 is 0 Å². The summed E-state index contributed by atoms with van der Waals surface area (Å²) >= 11 is 0. The van der Waals surface area contributed by atoms with E-state index in [0.717, 1.165) is 28.3 Å². The van der Waals surface area contributed by atoms with E-state index in [-0.39, 0.29) is 58.0 Å². The molecule has 9 N–H and O–H groups in total. The number of nitrogen functional groups attached to an aromatic ring is 1. The lowest BCUT2D eigenvalue weighted by molar-refractivity contribution is -0.141. The second kappa shape index (κ2) is 23.0. The molecule has 6 rings (SSSR count). The van der Waals surface area contributed by atoms with Crippen LogP contribution in [0.1, 0.15) is 41.5 Å². The van der Waals surface area contributed by atoms with E-state index < -0.39 is 47.0 Å². The van der Waals surface area contributed by atoms with Crippen molar-refractivity contribution in [3.05, 3.63) is 138 Å². The number of fused-ring (bicyclic) bond motifs is 3. The van der Waals surface area contributed by atoms with Crippen molar-refractivity contribution in [2.75, 3.05) is 51.7 Å². The van der Waals surface area contributed by atoms with Crippen LogP contribution in [0.2, 0.25) is 0 Å². The first kappa shape index (κ1) is 46.7. The molecule has 0 aliphatic carbocycles. The van der Waals surface area contributed by atoms with Crippen molar-refractivity contribution >= 4 is 41.1 Å². The van der Waals surface area contributed by atoms with Gasteiger partial charge in [-0.2, -0.15) is 0 Å². The average molecular weight is 871 g/mol. The number of nitrogens with two attached hydrogens (primary N) is 2. The highest BCUT2D eigenvalue weighted by molar-refractivity contribution is 5.97. The first-order valence-electron chi connectivity index (χ1n) is 21.8. The largest absolute Gasteiger partial charge is 0.399 e. The van der Waals surface area contributed by atoms with Gasteiger partial charge in [0.05, 0.1) is 25.0 Å². The highest BCUT2D eigenvalue weighted by Gasteiger charge is 2.44. The molecule has 4 aromatic rings. The van der Waals surface area contributed by atoms with Gasteiger partial charge in [0.1, 0.15) is 12.1 Å². The van der Waals surface area contributed by atoms with Crippen LogP contribution in [0, 0.1) is 5.41 Å². The third kappa shape index (κ3) is 13.3. The van der Waals surface area contributed by atoms with Crippen LogP contribution in [-0.2, 0) is 59.3 Å². The van der Waals surface area contributed by atoms with E-state index in [0.29, 0.717) is 55.8 Å². The van der Waals surface area contributed by atoms with Gasteiger partial charge in [-0.3, -0.25) is 28.8 Å². The van der Waals surface area contributed by atoms with Crippen molar-refractivity contribution in [1.82, 2.24) is 31.5 Å². The molecule has 1 fully saturated rings. The Hall–Kier alpha value is -6.84. The first-order chi connectivity index (χ1) is 31.0. The van der Waals surface area contributed by atoms with Gasteiger partial charge in [0.15, 0.2) is 0 Å². The van der Waals surface area contributed by atoms with Gasteiger partial charge >= 0.3 is 0 Å². The van der Waals surface area contributed by atoms with E-state index in [1.54, 1.807) is 23.1 Å². The molecular formula is C49H58N8O7. The fraction of sp³-hybridized carbons (Fsp3) is 0.347. The quantitative estimate of drug-likeness (QED) is 0.0866. The van der Waals surface area contributed by atoms with Gasteiger partial charge in [0, 0.05) is 63.5 Å². The minimum Gasteiger partial charge on any atom is -0.399 e. The Kier molecular flexibility index (Phi) is 16.8. The normalized spacial score (nSPS) is 20.8. The summed E-state index contributed by atoms with van der Waals surface area (Å²) in [6, 6.07) is 30.0. The Morgan fingerprint density at radius 3 is 2.23 bits per heavy atom. The molecule has 3 atom stereocenters. The van der Waals surface area contributed by atoms with Crippen LogP contribution in [0.3, 0.4) is 0 Å². The van der Waals surface area contributed by atoms with E-state index in [4.69, 9.17) is 16.2 Å². The van der Waals surface area contributed by atoms with Gasteiger partial charge in [0.25, 0.3) is 0 Å². The van der Waals surface area contributed by atoms with Gasteiger partial charge in [-0.25, -0.2) is 0 Å². The minimum atomic E-state index is -1.11. The number of benzene rings is 4. The smallest absolute Gasteiger partial charge is 0.246 e. The second-order valence-electron chi connectivity index (χ2n) is 16.2. The maximum atomic E-state index is 14.9. The van der Waals surface area contributed by atoms with Gasteiger partial charge in [-0.1, -0.05) is 91.0 Å². The molecule has 0 radical (unpaired) electrons. The zero-order valence-corrected chi connectivity index (χ0v) is 36.0. The van der Waals surface area contributed by atoms with Crippen LogP contribution in [0.4, 0.5) is 5.69 Å². The van der Waals surface area contributed by atoms with E-state index in [9.17, 15) is 28.8 Å². The summed E-state index contributed by atoms with van der Waals surface area (Å²) in [7, 11) is 0. The van der Waals surface area contributed by atoms with E-state index in [1.807, 2.05) is 84.9 Å². The van der Waals surface area contributed by atoms with E-state index in [2.05, 4.69) is 26.6 Å². The maximum Gasteiger partial charge on any atom is 0.246 e. The predicted octanol–water partition coefficient (Wildman–Crippen LogP) is 2.33. The molecule has 15 heteroatoms. The van der Waals surface area contributed by atoms with Crippen molar-refractivity contribution in [2.24, 2.45) is 11.1 Å². The SMILES string of the molecule is NCCOCCNC(=O)[C@@H]1CCNC(=O)/C=C/C(=O)N2CCC[C@](Cc3ccccc3)(C2)C(=O)N[C@@H](Cc2ccc(-c3ccc(N)cc3)cc2)C(=O)NCc2ccccc2CC(=O)N1. The molecule has 6 amide bonds. The summed E-state index contributed by atoms with van der Waals surface area (Å²) < 4.78 is 5.37. The summed E-state index contributed by atoms with van der Waals surface area (Å²) in [6.45, 7) is 1.57. The Labute approximate surface area is 373 Å². The Morgan fingerprint density at radius 2 is 1.50 bits per heavy atom. The number of amides is 6. The van der Waals surface area contributed by atoms with Crippen LogP contribution >= 0.6 is 0 Å². The van der Waals surface area contributed by atoms with Gasteiger partial charge < -0.3 is 47.7 Å². The molecule has 2 bridgehead atoms. The highest BCUT2D eigenvalue weighted by Crippen LogP contribution is 2.35. The van der Waals surface area contributed by atoms with Crippen molar-refractivity contribution < 1.29 is 33.5 Å². The zero-order valence-electron chi connectivity index (χ0n) is 36.0. The van der Waals surface area contributed by atoms with Crippen LogP contribution in [0.5, 0.6) is 0 Å². The van der Waals surface area contributed by atoms with Crippen molar-refractivity contribution in [3.8, 4) is 11.1 Å². The lowest BCUT2D eigenvalue weighted by Crippen LogP contribution is -2.58. The Bertz CT molecular complexity index is 2270. The average Bonchev–Trinajstić information content (AvgIpc) is 3.30. The van der Waals surface area contributed by atoms with Gasteiger partial charge in [-0.15, -0.1) is 0 Å². The van der Waals surface area contributed by atoms with Crippen molar-refractivity contribution in [1.29, 1.82) is 0 Å². The van der Waals surface area contributed by atoms with Gasteiger partial charge in [0.2, 0.25) is 35.4 Å². The molecule has 0 saturated carbocycles. The lowest BCUT2D eigenvalue weighted by Gasteiger charge is -2.42. The summed E-state index contributed by atoms with van der Waals surface area (Å²) in [6.07, 6.45) is 3.69. The number of nitrogens with one attached hydrogen (secondary N) is 5. The minimum absolute atomic E-state index is 0.0139. The molecular weight excluding hydrogens is 813 g/mol. The number of carbonyl (C=O) groups is 6. The molecule has 4 aromatic carbocycles. The molecule has 2 heterocycles.